The van der Waals surface area contributed by atoms with Crippen molar-refractivity contribution in [3.63, 3.8) is 0 Å². The van der Waals surface area contributed by atoms with Gasteiger partial charge in [0.1, 0.15) is 5.82 Å². The highest BCUT2D eigenvalue weighted by atomic mass is 32.2. The Morgan fingerprint density at radius 1 is 1.19 bits per heavy atom. The summed E-state index contributed by atoms with van der Waals surface area (Å²) in [5, 5.41) is 0. The van der Waals surface area contributed by atoms with Gasteiger partial charge >= 0.3 is 0 Å². The van der Waals surface area contributed by atoms with Gasteiger partial charge in [-0.1, -0.05) is 0 Å². The molecule has 0 spiro atoms. The molecule has 0 atom stereocenters. The lowest BCUT2D eigenvalue weighted by Crippen LogP contribution is -2.37. The Morgan fingerprint density at radius 3 is 2.67 bits per heavy atom. The van der Waals surface area contributed by atoms with E-state index >= 15 is 0 Å². The molecule has 6 nitrogen and oxygen atoms in total. The van der Waals surface area contributed by atoms with E-state index in [0.29, 0.717) is 31.7 Å². The number of hydrogen-bond acceptors (Lipinski definition) is 4. The van der Waals surface area contributed by atoms with Crippen LogP contribution in [-0.2, 0) is 26.0 Å². The minimum Gasteiger partial charge on any atom is -0.383 e. The normalized spacial score (nSPS) is 14.2. The maximum absolute atomic E-state index is 13.4. The molecule has 0 bridgehead atoms. The van der Waals surface area contributed by atoms with Crippen LogP contribution in [-0.4, -0.2) is 34.6 Å². The van der Waals surface area contributed by atoms with E-state index in [1.54, 1.807) is 30.2 Å². The number of amides is 1. The van der Waals surface area contributed by atoms with Gasteiger partial charge in [0.05, 0.1) is 11.5 Å². The Balaban J connectivity index is 1.86. The van der Waals surface area contributed by atoms with E-state index in [0.717, 1.165) is 17.3 Å². The fraction of sp³-hybridized carbons (Fsp3) is 0.316. The van der Waals surface area contributed by atoms with Gasteiger partial charge in [-0.2, -0.15) is 0 Å². The lowest BCUT2D eigenvalue weighted by molar-refractivity contribution is -0.119. The van der Waals surface area contributed by atoms with Crippen molar-refractivity contribution in [3.05, 3.63) is 53.3 Å². The molecule has 1 aliphatic heterocycles. The summed E-state index contributed by atoms with van der Waals surface area (Å²) in [6, 6.07) is 8.74. The number of anilines is 2. The molecule has 0 aromatic heterocycles. The van der Waals surface area contributed by atoms with E-state index < -0.39 is 15.8 Å². The summed E-state index contributed by atoms with van der Waals surface area (Å²) in [4.78, 5) is 13.8. The summed E-state index contributed by atoms with van der Waals surface area (Å²) in [6.07, 6.45) is 0.910. The largest absolute Gasteiger partial charge is 0.383 e. The zero-order chi connectivity index (χ0) is 19.6. The predicted molar refractivity (Wildman–Crippen MR) is 101 cm³/mol. The number of fused-ring (bicyclic) bond motifs is 1. The fourth-order valence-corrected chi connectivity index (χ4v) is 4.18. The van der Waals surface area contributed by atoms with Crippen molar-refractivity contribution in [1.82, 2.24) is 0 Å². The SMILES string of the molecule is COCCN1C(=O)CCc2cc(NS(=O)(=O)c3ccc(F)c(C)c3)ccc21. The second-order valence-corrected chi connectivity index (χ2v) is 8.08. The molecule has 1 amide bonds. The molecule has 144 valence electrons. The smallest absolute Gasteiger partial charge is 0.261 e. The monoisotopic (exact) mass is 392 g/mol. The van der Waals surface area contributed by atoms with Crippen molar-refractivity contribution in [2.45, 2.75) is 24.7 Å². The lowest BCUT2D eigenvalue weighted by atomic mass is 10.0. The first kappa shape index (κ1) is 19.3. The third-order valence-corrected chi connectivity index (χ3v) is 5.87. The van der Waals surface area contributed by atoms with Gasteiger partial charge in [-0.25, -0.2) is 12.8 Å². The second-order valence-electron chi connectivity index (χ2n) is 6.40. The van der Waals surface area contributed by atoms with Gasteiger partial charge in [-0.3, -0.25) is 9.52 Å². The Labute approximate surface area is 158 Å². The molecule has 3 rings (SSSR count). The molecule has 0 fully saturated rings. The number of sulfonamides is 1. The summed E-state index contributed by atoms with van der Waals surface area (Å²) in [6.45, 7) is 2.38. The molecule has 1 heterocycles. The number of carbonyl (C=O) groups excluding carboxylic acids is 1. The van der Waals surface area contributed by atoms with Gasteiger partial charge < -0.3 is 9.64 Å². The first-order chi connectivity index (χ1) is 12.8. The topological polar surface area (TPSA) is 75.7 Å². The van der Waals surface area contributed by atoms with Gasteiger partial charge in [-0.15, -0.1) is 0 Å². The van der Waals surface area contributed by atoms with Crippen LogP contribution in [0.5, 0.6) is 0 Å². The Morgan fingerprint density at radius 2 is 1.96 bits per heavy atom. The van der Waals surface area contributed by atoms with Crippen LogP contribution < -0.4 is 9.62 Å². The summed E-state index contributed by atoms with van der Waals surface area (Å²) in [5.41, 5.74) is 2.32. The van der Waals surface area contributed by atoms with Crippen LogP contribution in [0.15, 0.2) is 41.3 Å². The number of hydrogen-bond donors (Lipinski definition) is 1. The van der Waals surface area contributed by atoms with Crippen molar-refractivity contribution >= 4 is 27.3 Å². The lowest BCUT2D eigenvalue weighted by Gasteiger charge is -2.29. The Hall–Kier alpha value is -2.45. The molecular weight excluding hydrogens is 371 g/mol. The number of carbonyl (C=O) groups is 1. The maximum atomic E-state index is 13.4. The minimum absolute atomic E-state index is 0.00369. The van der Waals surface area contributed by atoms with Crippen LogP contribution in [0.1, 0.15) is 17.5 Å². The first-order valence-electron chi connectivity index (χ1n) is 8.53. The molecule has 1 aliphatic rings. The quantitative estimate of drug-likeness (QED) is 0.820. The van der Waals surface area contributed by atoms with Crippen LogP contribution in [0.2, 0.25) is 0 Å². The molecule has 8 heteroatoms. The van der Waals surface area contributed by atoms with Crippen LogP contribution in [0, 0.1) is 12.7 Å². The number of aryl methyl sites for hydroxylation is 2. The van der Waals surface area contributed by atoms with Crippen LogP contribution in [0.3, 0.4) is 0 Å². The van der Waals surface area contributed by atoms with Gasteiger partial charge in [0.25, 0.3) is 10.0 Å². The van der Waals surface area contributed by atoms with Crippen molar-refractivity contribution < 1.29 is 22.3 Å². The molecule has 0 saturated heterocycles. The summed E-state index contributed by atoms with van der Waals surface area (Å²) in [7, 11) is -2.26. The van der Waals surface area contributed by atoms with Crippen LogP contribution >= 0.6 is 0 Å². The van der Waals surface area contributed by atoms with Gasteiger partial charge in [-0.05, 0) is 60.9 Å². The third-order valence-electron chi connectivity index (χ3n) is 4.49. The first-order valence-corrected chi connectivity index (χ1v) is 10.0. The van der Waals surface area contributed by atoms with Gasteiger partial charge in [0.2, 0.25) is 5.91 Å². The minimum atomic E-state index is -3.83. The third kappa shape index (κ3) is 4.12. The summed E-state index contributed by atoms with van der Waals surface area (Å²) < 4.78 is 46.1. The van der Waals surface area contributed by atoms with E-state index in [9.17, 15) is 17.6 Å². The van der Waals surface area contributed by atoms with Crippen molar-refractivity contribution in [2.24, 2.45) is 0 Å². The molecule has 2 aromatic carbocycles. The molecule has 0 saturated carbocycles. The van der Waals surface area contributed by atoms with E-state index in [1.807, 2.05) is 0 Å². The van der Waals surface area contributed by atoms with Gasteiger partial charge in [0, 0.05) is 31.5 Å². The molecule has 1 N–H and O–H groups in total. The van der Waals surface area contributed by atoms with Crippen LogP contribution in [0.4, 0.5) is 15.8 Å². The summed E-state index contributed by atoms with van der Waals surface area (Å²) in [5.74, 6) is -0.432. The highest BCUT2D eigenvalue weighted by molar-refractivity contribution is 7.92. The summed E-state index contributed by atoms with van der Waals surface area (Å²) >= 11 is 0. The van der Waals surface area contributed by atoms with Crippen molar-refractivity contribution in [2.75, 3.05) is 29.9 Å². The molecule has 0 unspecified atom stereocenters. The Kier molecular flexibility index (Phi) is 5.48. The molecule has 27 heavy (non-hydrogen) atoms. The fourth-order valence-electron chi connectivity index (χ4n) is 3.05. The predicted octanol–water partition coefficient (Wildman–Crippen LogP) is 2.86. The Bertz CT molecular complexity index is 976. The van der Waals surface area contributed by atoms with Crippen LogP contribution in [0.25, 0.3) is 0 Å². The standard InChI is InChI=1S/C19H21FN2O4S/c1-13-11-16(5-6-17(13)20)27(24,25)21-15-4-7-18-14(12-15)3-8-19(23)22(18)9-10-26-2/h4-7,11-12,21H,3,8-10H2,1-2H3. The van der Waals surface area contributed by atoms with E-state index in [-0.39, 0.29) is 16.4 Å². The zero-order valence-electron chi connectivity index (χ0n) is 15.2. The zero-order valence-corrected chi connectivity index (χ0v) is 16.0. The molecular formula is C19H21FN2O4S. The second kappa shape index (κ2) is 7.66. The van der Waals surface area contributed by atoms with Crippen molar-refractivity contribution in [3.8, 4) is 0 Å². The number of ether oxygens (including phenoxy) is 1. The van der Waals surface area contributed by atoms with E-state index in [4.69, 9.17) is 4.74 Å². The average molecular weight is 392 g/mol. The van der Waals surface area contributed by atoms with Gasteiger partial charge in [0.15, 0.2) is 0 Å². The molecule has 0 aliphatic carbocycles. The molecule has 2 aromatic rings. The maximum Gasteiger partial charge on any atom is 0.261 e. The van der Waals surface area contributed by atoms with E-state index in [2.05, 4.69) is 4.72 Å². The number of nitrogens with one attached hydrogen (secondary N) is 1. The number of methoxy groups -OCH3 is 1. The number of halogens is 1. The number of rotatable bonds is 6. The highest BCUT2D eigenvalue weighted by Gasteiger charge is 2.24. The molecule has 0 radical (unpaired) electrons. The highest BCUT2D eigenvalue weighted by Crippen LogP contribution is 2.31. The van der Waals surface area contributed by atoms with E-state index in [1.165, 1.54) is 19.1 Å². The van der Waals surface area contributed by atoms with Crippen molar-refractivity contribution in [1.29, 1.82) is 0 Å². The average Bonchev–Trinajstić information content (AvgIpc) is 2.63. The number of benzene rings is 2. The number of nitrogens with zero attached hydrogens (tertiary/aromatic N) is 1.